The Hall–Kier alpha value is -1.13. The smallest absolute Gasteiger partial charge is 0.210 e. The van der Waals surface area contributed by atoms with Crippen LogP contribution < -0.4 is 4.74 Å². The first-order valence-electron chi connectivity index (χ1n) is 5.70. The average Bonchev–Trinajstić information content (AvgIpc) is 2.83. The van der Waals surface area contributed by atoms with Crippen LogP contribution in [0.15, 0.2) is 40.2 Å². The zero-order valence-corrected chi connectivity index (χ0v) is 12.4. The lowest BCUT2D eigenvalue weighted by atomic mass is 10.1. The van der Waals surface area contributed by atoms with Crippen LogP contribution >= 0.6 is 27.3 Å². The van der Waals surface area contributed by atoms with E-state index >= 15 is 0 Å². The Bertz CT molecular complexity index is 548. The highest BCUT2D eigenvalue weighted by molar-refractivity contribution is 9.11. The molecule has 0 fully saturated rings. The van der Waals surface area contributed by atoms with Crippen molar-refractivity contribution in [2.24, 2.45) is 0 Å². The third-order valence-electron chi connectivity index (χ3n) is 2.56. The van der Waals surface area contributed by atoms with E-state index in [2.05, 4.69) is 22.9 Å². The maximum atomic E-state index is 11.9. The maximum Gasteiger partial charge on any atom is 0.210 e. The summed E-state index contributed by atoms with van der Waals surface area (Å²) in [6.45, 7) is 2.16. The molecule has 18 heavy (non-hydrogen) atoms. The van der Waals surface area contributed by atoms with Gasteiger partial charge in [-0.05, 0) is 46.1 Å². The summed E-state index contributed by atoms with van der Waals surface area (Å²) in [6.07, 6.45) is 0.898. The monoisotopic (exact) mass is 324 g/mol. The summed E-state index contributed by atoms with van der Waals surface area (Å²) in [7, 11) is 0. The zero-order valence-electron chi connectivity index (χ0n) is 9.98. The fourth-order valence-corrected chi connectivity index (χ4v) is 2.93. The molecule has 0 N–H and O–H groups in total. The molecule has 1 aromatic carbocycles. The Kier molecular flexibility index (Phi) is 4.55. The minimum Gasteiger partial charge on any atom is -0.485 e. The predicted molar refractivity (Wildman–Crippen MR) is 77.7 cm³/mol. The van der Waals surface area contributed by atoms with Gasteiger partial charge in [0.25, 0.3) is 0 Å². The largest absolute Gasteiger partial charge is 0.485 e. The van der Waals surface area contributed by atoms with Crippen molar-refractivity contribution < 1.29 is 9.53 Å². The molecule has 0 unspecified atom stereocenters. The quantitative estimate of drug-likeness (QED) is 0.765. The Balaban J connectivity index is 2.01. The number of hydrogen-bond acceptors (Lipinski definition) is 3. The Morgan fingerprint density at radius 3 is 2.72 bits per heavy atom. The van der Waals surface area contributed by atoms with Gasteiger partial charge >= 0.3 is 0 Å². The van der Waals surface area contributed by atoms with E-state index in [1.54, 1.807) is 0 Å². The number of carbonyl (C=O) groups excluding carboxylic acids is 1. The summed E-state index contributed by atoms with van der Waals surface area (Å²) < 4.78 is 6.55. The van der Waals surface area contributed by atoms with E-state index in [-0.39, 0.29) is 12.4 Å². The van der Waals surface area contributed by atoms with E-state index in [9.17, 15) is 4.79 Å². The first-order valence-corrected chi connectivity index (χ1v) is 7.31. The lowest BCUT2D eigenvalue weighted by Crippen LogP contribution is -2.10. The van der Waals surface area contributed by atoms with Gasteiger partial charge < -0.3 is 4.74 Å². The molecule has 0 amide bonds. The molecule has 1 heterocycles. The molecule has 2 aromatic rings. The van der Waals surface area contributed by atoms with Crippen molar-refractivity contribution in [2.45, 2.75) is 13.3 Å². The second kappa shape index (κ2) is 6.16. The second-order valence-electron chi connectivity index (χ2n) is 3.78. The molecule has 1 aromatic heterocycles. The number of benzene rings is 1. The van der Waals surface area contributed by atoms with Crippen molar-refractivity contribution in [3.8, 4) is 5.75 Å². The van der Waals surface area contributed by atoms with Crippen LogP contribution in [-0.2, 0) is 6.42 Å². The van der Waals surface area contributed by atoms with Gasteiger partial charge in [0, 0.05) is 0 Å². The number of ketones is 1. The predicted octanol–water partition coefficient (Wildman–Crippen LogP) is 4.33. The van der Waals surface area contributed by atoms with E-state index in [0.717, 1.165) is 26.4 Å². The first kappa shape index (κ1) is 13.3. The van der Waals surface area contributed by atoms with E-state index in [1.165, 1.54) is 11.3 Å². The van der Waals surface area contributed by atoms with Crippen molar-refractivity contribution >= 4 is 33.0 Å². The normalized spacial score (nSPS) is 10.3. The molecule has 0 aliphatic carbocycles. The average molecular weight is 325 g/mol. The molecule has 94 valence electrons. The minimum absolute atomic E-state index is 0.0107. The highest BCUT2D eigenvalue weighted by atomic mass is 79.9. The summed E-state index contributed by atoms with van der Waals surface area (Å²) in [4.78, 5) is 12.6. The number of rotatable bonds is 5. The van der Waals surface area contributed by atoms with Gasteiger partial charge in [-0.3, -0.25) is 4.79 Å². The molecule has 0 aliphatic heterocycles. The number of carbonyl (C=O) groups is 1. The lowest BCUT2D eigenvalue weighted by molar-refractivity contribution is 0.0925. The first-order chi connectivity index (χ1) is 8.70. The third kappa shape index (κ3) is 3.21. The van der Waals surface area contributed by atoms with E-state index in [0.29, 0.717) is 0 Å². The van der Waals surface area contributed by atoms with Crippen molar-refractivity contribution in [3.05, 3.63) is 50.6 Å². The van der Waals surface area contributed by atoms with Crippen LogP contribution in [0.2, 0.25) is 0 Å². The summed E-state index contributed by atoms with van der Waals surface area (Å²) in [5.41, 5.74) is 1.12. The summed E-state index contributed by atoms with van der Waals surface area (Å²) >= 11 is 4.77. The van der Waals surface area contributed by atoms with E-state index in [4.69, 9.17) is 4.74 Å². The van der Waals surface area contributed by atoms with Crippen molar-refractivity contribution in [2.75, 3.05) is 6.61 Å². The summed E-state index contributed by atoms with van der Waals surface area (Å²) in [6, 6.07) is 11.5. The Labute approximate surface area is 119 Å². The molecule has 0 saturated heterocycles. The van der Waals surface area contributed by atoms with Crippen molar-refractivity contribution in [1.29, 1.82) is 0 Å². The molecule has 0 saturated carbocycles. The number of para-hydroxylation sites is 1. The van der Waals surface area contributed by atoms with Crippen LogP contribution in [0.1, 0.15) is 22.2 Å². The third-order valence-corrected chi connectivity index (χ3v) is 4.22. The topological polar surface area (TPSA) is 26.3 Å². The van der Waals surface area contributed by atoms with E-state index in [1.807, 2.05) is 36.4 Å². The fraction of sp³-hybridized carbons (Fsp3) is 0.214. The van der Waals surface area contributed by atoms with Crippen LogP contribution in [0.4, 0.5) is 0 Å². The van der Waals surface area contributed by atoms with Gasteiger partial charge in [0.2, 0.25) is 5.78 Å². The molecular formula is C14H13BrO2S. The SMILES string of the molecule is CCc1ccccc1OCC(=O)c1ccc(Br)s1. The Morgan fingerprint density at radius 2 is 2.06 bits per heavy atom. The standard InChI is InChI=1S/C14H13BrO2S/c1-2-10-5-3-4-6-12(10)17-9-11(16)13-7-8-14(15)18-13/h3-8H,2,9H2,1H3. The number of halogens is 1. The lowest BCUT2D eigenvalue weighted by Gasteiger charge is -2.08. The van der Waals surface area contributed by atoms with Gasteiger partial charge in [-0.15, -0.1) is 11.3 Å². The maximum absolute atomic E-state index is 11.9. The number of hydrogen-bond donors (Lipinski definition) is 0. The molecule has 0 spiro atoms. The molecule has 4 heteroatoms. The van der Waals surface area contributed by atoms with Crippen LogP contribution in [-0.4, -0.2) is 12.4 Å². The molecule has 0 bridgehead atoms. The van der Waals surface area contributed by atoms with Crippen LogP contribution in [0.3, 0.4) is 0 Å². The van der Waals surface area contributed by atoms with Crippen molar-refractivity contribution in [1.82, 2.24) is 0 Å². The van der Waals surface area contributed by atoms with Gasteiger partial charge in [-0.2, -0.15) is 0 Å². The van der Waals surface area contributed by atoms with Crippen LogP contribution in [0.5, 0.6) is 5.75 Å². The molecule has 2 nitrogen and oxygen atoms in total. The minimum atomic E-state index is 0.0107. The highest BCUT2D eigenvalue weighted by Crippen LogP contribution is 2.23. The van der Waals surface area contributed by atoms with Crippen LogP contribution in [0.25, 0.3) is 0 Å². The highest BCUT2D eigenvalue weighted by Gasteiger charge is 2.10. The molecule has 0 aliphatic rings. The molecule has 2 rings (SSSR count). The van der Waals surface area contributed by atoms with Gasteiger partial charge in [-0.1, -0.05) is 25.1 Å². The van der Waals surface area contributed by atoms with Gasteiger partial charge in [0.05, 0.1) is 8.66 Å². The van der Waals surface area contributed by atoms with Gasteiger partial charge in [0.1, 0.15) is 5.75 Å². The number of Topliss-reactive ketones (excluding diaryl/α,β-unsaturated/α-hetero) is 1. The summed E-state index contributed by atoms with van der Waals surface area (Å²) in [5, 5.41) is 0. The number of ether oxygens (including phenoxy) is 1. The van der Waals surface area contributed by atoms with Crippen molar-refractivity contribution in [3.63, 3.8) is 0 Å². The second-order valence-corrected chi connectivity index (χ2v) is 6.24. The zero-order chi connectivity index (χ0) is 13.0. The fourth-order valence-electron chi connectivity index (χ4n) is 1.62. The van der Waals surface area contributed by atoms with Crippen LogP contribution in [0, 0.1) is 0 Å². The van der Waals surface area contributed by atoms with Gasteiger partial charge in [0.15, 0.2) is 6.61 Å². The molecule has 0 radical (unpaired) electrons. The molecular weight excluding hydrogens is 312 g/mol. The molecule has 0 atom stereocenters. The van der Waals surface area contributed by atoms with Gasteiger partial charge in [-0.25, -0.2) is 0 Å². The Morgan fingerprint density at radius 1 is 1.28 bits per heavy atom. The number of thiophene rings is 1. The van der Waals surface area contributed by atoms with E-state index < -0.39 is 0 Å². The number of aryl methyl sites for hydroxylation is 1. The summed E-state index contributed by atoms with van der Waals surface area (Å²) in [5.74, 6) is 0.806.